The van der Waals surface area contributed by atoms with Crippen molar-refractivity contribution in [2.24, 2.45) is 5.73 Å². The molecule has 0 saturated carbocycles. The molecule has 1 aliphatic rings. The third-order valence-electron chi connectivity index (χ3n) is 4.52. The lowest BCUT2D eigenvalue weighted by atomic mass is 9.83. The number of ether oxygens (including phenoxy) is 2. The lowest BCUT2D eigenvalue weighted by Crippen LogP contribution is -2.21. The number of benzene rings is 2. The summed E-state index contributed by atoms with van der Waals surface area (Å²) in [6.45, 7) is 0. The Balaban J connectivity index is 1.90. The number of fused-ring (bicyclic) bond motifs is 1. The maximum Gasteiger partial charge on any atom is 0.244 e. The molecule has 134 valence electrons. The zero-order chi connectivity index (χ0) is 19.0. The number of hydrogen-bond acceptors (Lipinski definition) is 5. The Hall–Kier alpha value is -3.79. The Kier molecular flexibility index (Phi) is 4.01. The number of allylic oxidation sites excluding steroid dienone is 1. The first kappa shape index (κ1) is 16.7. The summed E-state index contributed by atoms with van der Waals surface area (Å²) in [5, 5.41) is 16.8. The van der Waals surface area contributed by atoms with Gasteiger partial charge in [-0.1, -0.05) is 12.1 Å². The quantitative estimate of drug-likeness (QED) is 0.744. The number of halogens is 1. The molecule has 4 rings (SSSR count). The normalized spacial score (nSPS) is 15.7. The molecular formula is C20H15FN4O2. The first-order chi connectivity index (χ1) is 13.1. The van der Waals surface area contributed by atoms with Crippen molar-refractivity contribution in [2.75, 3.05) is 7.11 Å². The van der Waals surface area contributed by atoms with Crippen LogP contribution in [0.25, 0.3) is 11.3 Å². The van der Waals surface area contributed by atoms with Gasteiger partial charge < -0.3 is 15.2 Å². The Bertz CT molecular complexity index is 1060. The fourth-order valence-electron chi connectivity index (χ4n) is 3.21. The molecule has 3 aromatic rings. The molecule has 7 heteroatoms. The number of rotatable bonds is 3. The molecule has 1 aromatic heterocycles. The van der Waals surface area contributed by atoms with Crippen molar-refractivity contribution < 1.29 is 13.9 Å². The van der Waals surface area contributed by atoms with Gasteiger partial charge in [-0.05, 0) is 42.0 Å². The fraction of sp³-hybridized carbons (Fsp3) is 0.100. The number of H-pyrrole nitrogens is 1. The predicted octanol–water partition coefficient (Wildman–Crippen LogP) is 3.44. The van der Waals surface area contributed by atoms with Crippen LogP contribution in [0.1, 0.15) is 17.0 Å². The van der Waals surface area contributed by atoms with E-state index in [1.54, 1.807) is 19.2 Å². The van der Waals surface area contributed by atoms with Crippen LogP contribution >= 0.6 is 0 Å². The Labute approximate surface area is 154 Å². The molecule has 3 N–H and O–H groups in total. The number of nitrogens with one attached hydrogen (secondary N) is 1. The van der Waals surface area contributed by atoms with Crippen LogP contribution in [0.5, 0.6) is 11.6 Å². The molecule has 0 spiro atoms. The molecule has 2 aromatic carbocycles. The molecule has 27 heavy (non-hydrogen) atoms. The van der Waals surface area contributed by atoms with Gasteiger partial charge in [0, 0.05) is 5.56 Å². The highest BCUT2D eigenvalue weighted by Gasteiger charge is 2.35. The van der Waals surface area contributed by atoms with Crippen LogP contribution in [-0.4, -0.2) is 17.3 Å². The summed E-state index contributed by atoms with van der Waals surface area (Å²) in [6.07, 6.45) is 0. The van der Waals surface area contributed by atoms with E-state index in [1.807, 2.05) is 24.3 Å². The number of hydrogen-bond donors (Lipinski definition) is 2. The van der Waals surface area contributed by atoms with Gasteiger partial charge in [-0.15, -0.1) is 5.10 Å². The SMILES string of the molecule is COc1ccc(-c2[nH]nc3c2[C@@H](c2ccc(F)cc2)C(C#N)=C(N)O3)cc1. The average molecular weight is 362 g/mol. The summed E-state index contributed by atoms with van der Waals surface area (Å²) >= 11 is 0. The first-order valence-corrected chi connectivity index (χ1v) is 8.18. The van der Waals surface area contributed by atoms with E-state index in [0.717, 1.165) is 16.9 Å². The zero-order valence-electron chi connectivity index (χ0n) is 14.4. The van der Waals surface area contributed by atoms with Crippen LogP contribution in [0.2, 0.25) is 0 Å². The van der Waals surface area contributed by atoms with Crippen molar-refractivity contribution in [2.45, 2.75) is 5.92 Å². The van der Waals surface area contributed by atoms with Gasteiger partial charge in [-0.3, -0.25) is 5.10 Å². The van der Waals surface area contributed by atoms with E-state index >= 15 is 0 Å². The third-order valence-corrected chi connectivity index (χ3v) is 4.52. The van der Waals surface area contributed by atoms with Crippen LogP contribution < -0.4 is 15.2 Å². The Morgan fingerprint density at radius 3 is 2.52 bits per heavy atom. The molecular weight excluding hydrogens is 347 g/mol. The van der Waals surface area contributed by atoms with E-state index < -0.39 is 5.92 Å². The molecule has 0 radical (unpaired) electrons. The molecule has 0 saturated heterocycles. The summed E-state index contributed by atoms with van der Waals surface area (Å²) in [5.41, 5.74) is 9.13. The van der Waals surface area contributed by atoms with Crippen molar-refractivity contribution >= 4 is 0 Å². The van der Waals surface area contributed by atoms with E-state index in [0.29, 0.717) is 17.1 Å². The van der Waals surface area contributed by atoms with Crippen molar-refractivity contribution in [1.82, 2.24) is 10.2 Å². The highest BCUT2D eigenvalue weighted by molar-refractivity contribution is 5.71. The lowest BCUT2D eigenvalue weighted by molar-refractivity contribution is 0.379. The molecule has 0 fully saturated rings. The number of aromatic nitrogens is 2. The van der Waals surface area contributed by atoms with E-state index in [9.17, 15) is 9.65 Å². The van der Waals surface area contributed by atoms with Gasteiger partial charge in [-0.2, -0.15) is 5.26 Å². The topological polar surface area (TPSA) is 97.0 Å². The van der Waals surface area contributed by atoms with E-state index in [1.165, 1.54) is 12.1 Å². The van der Waals surface area contributed by atoms with Crippen molar-refractivity contribution in [3.63, 3.8) is 0 Å². The summed E-state index contributed by atoms with van der Waals surface area (Å²) in [5.74, 6) is 0.137. The highest BCUT2D eigenvalue weighted by atomic mass is 19.1. The van der Waals surface area contributed by atoms with Crippen LogP contribution in [-0.2, 0) is 0 Å². The second-order valence-corrected chi connectivity index (χ2v) is 6.02. The molecule has 0 amide bonds. The molecule has 6 nitrogen and oxygen atoms in total. The number of methoxy groups -OCH3 is 1. The van der Waals surface area contributed by atoms with Crippen molar-refractivity contribution in [1.29, 1.82) is 5.26 Å². The smallest absolute Gasteiger partial charge is 0.244 e. The van der Waals surface area contributed by atoms with Gasteiger partial charge in [0.15, 0.2) is 0 Å². The van der Waals surface area contributed by atoms with E-state index in [-0.39, 0.29) is 17.3 Å². The summed E-state index contributed by atoms with van der Waals surface area (Å²) in [6, 6.07) is 15.5. The maximum absolute atomic E-state index is 13.4. The molecule has 0 bridgehead atoms. The number of nitriles is 1. The summed E-state index contributed by atoms with van der Waals surface area (Å²) in [7, 11) is 1.60. The number of nitrogens with two attached hydrogens (primary N) is 1. The Morgan fingerprint density at radius 2 is 1.89 bits per heavy atom. The minimum Gasteiger partial charge on any atom is -0.497 e. The summed E-state index contributed by atoms with van der Waals surface area (Å²) < 4.78 is 24.2. The van der Waals surface area contributed by atoms with Crippen LogP contribution in [0.3, 0.4) is 0 Å². The molecule has 2 heterocycles. The largest absolute Gasteiger partial charge is 0.497 e. The predicted molar refractivity (Wildman–Crippen MR) is 96.3 cm³/mol. The molecule has 1 atom stereocenters. The molecule has 0 aliphatic carbocycles. The average Bonchev–Trinajstić information content (AvgIpc) is 3.11. The highest BCUT2D eigenvalue weighted by Crippen LogP contribution is 2.45. The minimum absolute atomic E-state index is 0.00731. The van der Waals surface area contributed by atoms with E-state index in [4.69, 9.17) is 15.2 Å². The molecule has 0 unspecified atom stereocenters. The maximum atomic E-state index is 13.4. The van der Waals surface area contributed by atoms with Crippen molar-refractivity contribution in [3.05, 3.63) is 76.9 Å². The number of nitrogens with zero attached hydrogens (tertiary/aromatic N) is 2. The first-order valence-electron chi connectivity index (χ1n) is 8.18. The van der Waals surface area contributed by atoms with Crippen LogP contribution in [0.15, 0.2) is 60.0 Å². The van der Waals surface area contributed by atoms with Crippen LogP contribution in [0.4, 0.5) is 4.39 Å². The molecule has 1 aliphatic heterocycles. The number of aromatic amines is 1. The second-order valence-electron chi connectivity index (χ2n) is 6.02. The van der Waals surface area contributed by atoms with Gasteiger partial charge >= 0.3 is 0 Å². The van der Waals surface area contributed by atoms with Gasteiger partial charge in [0.1, 0.15) is 23.2 Å². The minimum atomic E-state index is -0.518. The van der Waals surface area contributed by atoms with Gasteiger partial charge in [0.05, 0.1) is 24.3 Å². The zero-order valence-corrected chi connectivity index (χ0v) is 14.4. The Morgan fingerprint density at radius 1 is 1.19 bits per heavy atom. The van der Waals surface area contributed by atoms with Crippen molar-refractivity contribution in [3.8, 4) is 29.0 Å². The van der Waals surface area contributed by atoms with Gasteiger partial charge in [0.2, 0.25) is 11.8 Å². The lowest BCUT2D eigenvalue weighted by Gasteiger charge is -2.24. The second kappa shape index (κ2) is 6.50. The fourth-order valence-corrected chi connectivity index (χ4v) is 3.21. The summed E-state index contributed by atoms with van der Waals surface area (Å²) in [4.78, 5) is 0. The standard InChI is InChI=1S/C20H15FN4O2/c1-26-14-8-4-12(5-9-14)18-17-16(11-2-6-13(21)7-3-11)15(10-22)19(23)27-20(17)25-24-18/h2-9,16H,23H2,1H3,(H,24,25)/t16-/m0/s1. The monoisotopic (exact) mass is 362 g/mol. The van der Waals surface area contributed by atoms with Gasteiger partial charge in [-0.25, -0.2) is 4.39 Å². The van der Waals surface area contributed by atoms with E-state index in [2.05, 4.69) is 16.3 Å². The van der Waals surface area contributed by atoms with Gasteiger partial charge in [0.25, 0.3) is 0 Å². The van der Waals surface area contributed by atoms with Crippen LogP contribution in [0, 0.1) is 17.1 Å². The third kappa shape index (κ3) is 2.77.